The van der Waals surface area contributed by atoms with E-state index in [-0.39, 0.29) is 6.23 Å². The molecule has 0 saturated heterocycles. The summed E-state index contributed by atoms with van der Waals surface area (Å²) >= 11 is 0. The molecule has 1 unspecified atom stereocenters. The summed E-state index contributed by atoms with van der Waals surface area (Å²) in [4.78, 5) is 0. The van der Waals surface area contributed by atoms with Crippen molar-refractivity contribution in [3.63, 3.8) is 0 Å². The van der Waals surface area contributed by atoms with Gasteiger partial charge in [0.1, 0.15) is 6.23 Å². The maximum Gasteiger partial charge on any atom is 0.104 e. The molecule has 1 heterocycles. The highest BCUT2D eigenvalue weighted by Crippen LogP contribution is 2.11. The van der Waals surface area contributed by atoms with Crippen LogP contribution < -0.4 is 5.32 Å². The number of nitrogens with one attached hydrogen (secondary N) is 1. The minimum Gasteiger partial charge on any atom is -0.379 e. The highest BCUT2D eigenvalue weighted by Gasteiger charge is 2.02. The molecular formula is C18H35NO. The molecule has 1 aliphatic heterocycles. The molecule has 0 aromatic carbocycles. The summed E-state index contributed by atoms with van der Waals surface area (Å²) in [6.07, 6.45) is 22.3. The van der Waals surface area contributed by atoms with E-state index in [1.165, 1.54) is 77.0 Å². The Morgan fingerprint density at radius 1 is 0.650 bits per heavy atom. The lowest BCUT2D eigenvalue weighted by atomic mass is 10.1. The molecule has 0 amide bonds. The third kappa shape index (κ3) is 11.5. The first-order valence-corrected chi connectivity index (χ1v) is 8.96. The summed E-state index contributed by atoms with van der Waals surface area (Å²) in [5.74, 6) is 0. The molecule has 1 aliphatic rings. The molecule has 0 radical (unpaired) electrons. The molecular weight excluding hydrogens is 246 g/mol. The van der Waals surface area contributed by atoms with Crippen molar-refractivity contribution in [3.05, 3.63) is 12.2 Å². The first kappa shape index (κ1) is 17.7. The molecule has 1 rings (SSSR count). The van der Waals surface area contributed by atoms with Crippen molar-refractivity contribution < 1.29 is 5.11 Å². The van der Waals surface area contributed by atoms with Crippen LogP contribution in [0.5, 0.6) is 0 Å². The van der Waals surface area contributed by atoms with Gasteiger partial charge in [0, 0.05) is 0 Å². The van der Waals surface area contributed by atoms with Crippen LogP contribution in [-0.2, 0) is 0 Å². The van der Waals surface area contributed by atoms with E-state index in [2.05, 4.69) is 17.5 Å². The lowest BCUT2D eigenvalue weighted by Gasteiger charge is -2.12. The van der Waals surface area contributed by atoms with Gasteiger partial charge in [-0.2, -0.15) is 0 Å². The average molecular weight is 281 g/mol. The topological polar surface area (TPSA) is 32.3 Å². The highest BCUT2D eigenvalue weighted by molar-refractivity contribution is 4.81. The predicted molar refractivity (Wildman–Crippen MR) is 87.8 cm³/mol. The summed E-state index contributed by atoms with van der Waals surface area (Å²) < 4.78 is 0. The van der Waals surface area contributed by atoms with Gasteiger partial charge >= 0.3 is 0 Å². The fourth-order valence-electron chi connectivity index (χ4n) is 2.83. The highest BCUT2D eigenvalue weighted by atomic mass is 16.3. The summed E-state index contributed by atoms with van der Waals surface area (Å²) in [7, 11) is 0. The number of allylic oxidation sites excluding steroid dienone is 2. The second-order valence-corrected chi connectivity index (χ2v) is 6.20. The summed E-state index contributed by atoms with van der Waals surface area (Å²) in [5.41, 5.74) is 0. The van der Waals surface area contributed by atoms with Gasteiger partial charge in [-0.3, -0.25) is 5.32 Å². The Morgan fingerprint density at radius 2 is 1.15 bits per heavy atom. The Labute approximate surface area is 126 Å². The lowest BCUT2D eigenvalue weighted by molar-refractivity contribution is 0.124. The average Bonchev–Trinajstić information content (AvgIpc) is 2.45. The van der Waals surface area contributed by atoms with Gasteiger partial charge in [0.15, 0.2) is 0 Å². The lowest BCUT2D eigenvalue weighted by Crippen LogP contribution is -2.29. The maximum absolute atomic E-state index is 9.82. The van der Waals surface area contributed by atoms with Crippen molar-refractivity contribution in [1.82, 2.24) is 5.32 Å². The zero-order valence-electron chi connectivity index (χ0n) is 13.3. The molecule has 0 fully saturated rings. The minimum absolute atomic E-state index is 0.278. The summed E-state index contributed by atoms with van der Waals surface area (Å²) in [6.45, 7) is 0.969. The van der Waals surface area contributed by atoms with E-state index in [4.69, 9.17) is 0 Å². The van der Waals surface area contributed by atoms with E-state index in [0.29, 0.717) is 0 Å². The van der Waals surface area contributed by atoms with Crippen LogP contribution in [0.25, 0.3) is 0 Å². The first-order valence-electron chi connectivity index (χ1n) is 8.96. The predicted octanol–water partition coefficient (Wildman–Crippen LogP) is 4.93. The summed E-state index contributed by atoms with van der Waals surface area (Å²) in [5, 5.41) is 13.1. The molecule has 1 atom stereocenters. The largest absolute Gasteiger partial charge is 0.379 e. The molecule has 2 nitrogen and oxygen atoms in total. The molecule has 2 heteroatoms. The van der Waals surface area contributed by atoms with E-state index in [0.717, 1.165) is 19.4 Å². The van der Waals surface area contributed by atoms with Crippen molar-refractivity contribution >= 4 is 0 Å². The molecule has 0 aliphatic carbocycles. The van der Waals surface area contributed by atoms with Crippen LogP contribution in [0.2, 0.25) is 0 Å². The van der Waals surface area contributed by atoms with Gasteiger partial charge in [-0.15, -0.1) is 0 Å². The summed E-state index contributed by atoms with van der Waals surface area (Å²) in [6, 6.07) is 0. The first-order chi connectivity index (χ1) is 9.89. The van der Waals surface area contributed by atoms with Crippen LogP contribution in [0.3, 0.4) is 0 Å². The Morgan fingerprint density at radius 3 is 1.80 bits per heavy atom. The van der Waals surface area contributed by atoms with Crippen LogP contribution in [0, 0.1) is 0 Å². The van der Waals surface area contributed by atoms with Gasteiger partial charge in [-0.25, -0.2) is 0 Å². The van der Waals surface area contributed by atoms with Gasteiger partial charge in [0.25, 0.3) is 0 Å². The van der Waals surface area contributed by atoms with Crippen molar-refractivity contribution in [1.29, 1.82) is 0 Å². The Kier molecular flexibility index (Phi) is 12.1. The van der Waals surface area contributed by atoms with E-state index in [1.54, 1.807) is 0 Å². The van der Waals surface area contributed by atoms with Gasteiger partial charge < -0.3 is 5.11 Å². The third-order valence-corrected chi connectivity index (χ3v) is 4.19. The number of hydrogen-bond donors (Lipinski definition) is 2. The van der Waals surface area contributed by atoms with E-state index >= 15 is 0 Å². The molecule has 20 heavy (non-hydrogen) atoms. The van der Waals surface area contributed by atoms with Gasteiger partial charge in [0.2, 0.25) is 0 Å². The van der Waals surface area contributed by atoms with Gasteiger partial charge in [-0.1, -0.05) is 57.1 Å². The molecule has 0 spiro atoms. The van der Waals surface area contributed by atoms with Crippen molar-refractivity contribution in [3.8, 4) is 0 Å². The van der Waals surface area contributed by atoms with E-state index in [9.17, 15) is 5.11 Å². The second-order valence-electron chi connectivity index (χ2n) is 6.20. The van der Waals surface area contributed by atoms with Crippen molar-refractivity contribution in [2.75, 3.05) is 6.54 Å². The minimum atomic E-state index is -0.278. The Bertz CT molecular complexity index is 227. The molecule has 2 N–H and O–H groups in total. The zero-order valence-corrected chi connectivity index (χ0v) is 13.3. The van der Waals surface area contributed by atoms with Crippen LogP contribution in [0.15, 0.2) is 12.2 Å². The van der Waals surface area contributed by atoms with Gasteiger partial charge in [0.05, 0.1) is 0 Å². The SMILES string of the molecule is OC1CCCCCCCCC/C=C\CCCCCCN1. The zero-order chi connectivity index (χ0) is 14.3. The van der Waals surface area contributed by atoms with Crippen molar-refractivity contribution in [2.45, 2.75) is 96.1 Å². The van der Waals surface area contributed by atoms with Gasteiger partial charge in [-0.05, 0) is 51.5 Å². The monoisotopic (exact) mass is 281 g/mol. The molecule has 0 aromatic heterocycles. The molecule has 0 bridgehead atoms. The third-order valence-electron chi connectivity index (χ3n) is 4.19. The van der Waals surface area contributed by atoms with Crippen LogP contribution in [0.4, 0.5) is 0 Å². The van der Waals surface area contributed by atoms with Crippen LogP contribution in [0.1, 0.15) is 89.9 Å². The normalized spacial score (nSPS) is 27.9. The van der Waals surface area contributed by atoms with E-state index in [1.807, 2.05) is 0 Å². The molecule has 0 aromatic rings. The Hall–Kier alpha value is -0.340. The number of aliphatic hydroxyl groups excluding tert-OH is 1. The fourth-order valence-corrected chi connectivity index (χ4v) is 2.83. The van der Waals surface area contributed by atoms with Crippen LogP contribution >= 0.6 is 0 Å². The van der Waals surface area contributed by atoms with Crippen molar-refractivity contribution in [2.24, 2.45) is 0 Å². The smallest absolute Gasteiger partial charge is 0.104 e. The number of rotatable bonds is 0. The fraction of sp³-hybridized carbons (Fsp3) is 0.889. The number of hydrogen-bond acceptors (Lipinski definition) is 2. The van der Waals surface area contributed by atoms with E-state index < -0.39 is 0 Å². The standard InChI is InChI=1S/C18H35NO/c20-18-16-14-12-10-8-6-4-2-1-3-5-7-9-11-13-15-17-19-18/h3,5,18-20H,1-2,4,6-17H2/b5-3-. The Balaban J connectivity index is 2.14. The number of aliphatic hydroxyl groups is 1. The molecule has 0 saturated carbocycles. The molecule has 118 valence electrons. The second kappa shape index (κ2) is 13.6. The maximum atomic E-state index is 9.82. The quantitative estimate of drug-likeness (QED) is 0.617. The van der Waals surface area contributed by atoms with Crippen LogP contribution in [-0.4, -0.2) is 17.9 Å².